The molecule has 0 atom stereocenters. The van der Waals surface area contributed by atoms with Gasteiger partial charge in [0.2, 0.25) is 5.95 Å². The van der Waals surface area contributed by atoms with Crippen LogP contribution in [0.3, 0.4) is 0 Å². The number of nitrogens with zero attached hydrogens (tertiary/aromatic N) is 2. The summed E-state index contributed by atoms with van der Waals surface area (Å²) >= 11 is 0. The Morgan fingerprint density at radius 2 is 1.83 bits per heavy atom. The molecule has 0 saturated carbocycles. The number of nitrogens with one attached hydrogen (secondary N) is 1. The fourth-order valence-electron chi connectivity index (χ4n) is 0.902. The Morgan fingerprint density at radius 1 is 1.33 bits per heavy atom. The van der Waals surface area contributed by atoms with Crippen molar-refractivity contribution in [1.29, 1.82) is 0 Å². The summed E-state index contributed by atoms with van der Waals surface area (Å²) in [6, 6.07) is 0. The van der Waals surface area contributed by atoms with Gasteiger partial charge in [-0.15, -0.1) is 0 Å². The van der Waals surface area contributed by atoms with Crippen molar-refractivity contribution in [2.24, 2.45) is 0 Å². The molecule has 0 aliphatic carbocycles. The Labute approximate surface area is 109 Å². The standard InChI is InChI=1S/C9H12ClN3O4S/c1-9(2,3)17-8(14)13-7-11-4-6(5-12-7)18(10,15)16/h4-5H,1-3H3,(H,11,12,13,14). The maximum atomic E-state index is 11.4. The molecule has 0 unspecified atom stereocenters. The van der Waals surface area contributed by atoms with Crippen molar-refractivity contribution in [2.75, 3.05) is 5.32 Å². The van der Waals surface area contributed by atoms with E-state index in [1.54, 1.807) is 20.8 Å². The highest BCUT2D eigenvalue weighted by molar-refractivity contribution is 8.13. The van der Waals surface area contributed by atoms with E-state index >= 15 is 0 Å². The summed E-state index contributed by atoms with van der Waals surface area (Å²) in [7, 11) is 1.21. The number of amides is 1. The van der Waals surface area contributed by atoms with Crippen LogP contribution in [0.2, 0.25) is 0 Å². The topological polar surface area (TPSA) is 98.2 Å². The van der Waals surface area contributed by atoms with Gasteiger partial charge in [-0.3, -0.25) is 5.32 Å². The number of ether oxygens (including phenoxy) is 1. The van der Waals surface area contributed by atoms with Crippen molar-refractivity contribution in [2.45, 2.75) is 31.3 Å². The van der Waals surface area contributed by atoms with Crippen molar-refractivity contribution >= 4 is 31.8 Å². The predicted molar refractivity (Wildman–Crippen MR) is 64.9 cm³/mol. The van der Waals surface area contributed by atoms with Crippen LogP contribution in [0.5, 0.6) is 0 Å². The number of aromatic nitrogens is 2. The third-order valence-electron chi connectivity index (χ3n) is 1.52. The van der Waals surface area contributed by atoms with Gasteiger partial charge in [0, 0.05) is 10.7 Å². The first-order chi connectivity index (χ1) is 8.08. The van der Waals surface area contributed by atoms with Crippen LogP contribution in [0.15, 0.2) is 17.3 Å². The molecule has 0 fully saturated rings. The van der Waals surface area contributed by atoms with Gasteiger partial charge in [0.25, 0.3) is 9.05 Å². The third kappa shape index (κ3) is 4.84. The lowest BCUT2D eigenvalue weighted by Gasteiger charge is -2.19. The van der Waals surface area contributed by atoms with E-state index in [1.165, 1.54) is 0 Å². The van der Waals surface area contributed by atoms with Crippen LogP contribution in [0.1, 0.15) is 20.8 Å². The van der Waals surface area contributed by atoms with E-state index in [9.17, 15) is 13.2 Å². The van der Waals surface area contributed by atoms with Gasteiger partial charge in [0.15, 0.2) is 0 Å². The first kappa shape index (κ1) is 14.7. The molecule has 1 heterocycles. The maximum absolute atomic E-state index is 11.4. The average Bonchev–Trinajstić information content (AvgIpc) is 2.13. The molecule has 100 valence electrons. The van der Waals surface area contributed by atoms with Gasteiger partial charge >= 0.3 is 6.09 Å². The Morgan fingerprint density at radius 3 is 2.22 bits per heavy atom. The lowest BCUT2D eigenvalue weighted by Crippen LogP contribution is -2.27. The number of carbonyl (C=O) groups is 1. The molecule has 0 aliphatic rings. The van der Waals surface area contributed by atoms with E-state index in [1.807, 2.05) is 0 Å². The van der Waals surface area contributed by atoms with E-state index in [0.717, 1.165) is 12.4 Å². The zero-order valence-corrected chi connectivity index (χ0v) is 11.5. The highest BCUT2D eigenvalue weighted by atomic mass is 35.7. The molecule has 1 aromatic rings. The van der Waals surface area contributed by atoms with Crippen molar-refractivity contribution < 1.29 is 17.9 Å². The van der Waals surface area contributed by atoms with Gasteiger partial charge in [-0.2, -0.15) is 0 Å². The minimum Gasteiger partial charge on any atom is -0.444 e. The van der Waals surface area contributed by atoms with Gasteiger partial charge in [-0.1, -0.05) is 0 Å². The molecule has 0 aliphatic heterocycles. The van der Waals surface area contributed by atoms with Crippen molar-refractivity contribution in [3.05, 3.63) is 12.4 Å². The van der Waals surface area contributed by atoms with Gasteiger partial charge < -0.3 is 4.74 Å². The highest BCUT2D eigenvalue weighted by Gasteiger charge is 2.17. The lowest BCUT2D eigenvalue weighted by molar-refractivity contribution is 0.0634. The number of anilines is 1. The second-order valence-electron chi connectivity index (χ2n) is 4.31. The van der Waals surface area contributed by atoms with Crippen molar-refractivity contribution in [1.82, 2.24) is 9.97 Å². The fourth-order valence-corrected chi connectivity index (χ4v) is 1.50. The van der Waals surface area contributed by atoms with Crippen LogP contribution in [-0.2, 0) is 13.8 Å². The molecule has 1 amide bonds. The van der Waals surface area contributed by atoms with Gasteiger partial charge in [-0.25, -0.2) is 23.2 Å². The average molecular weight is 294 g/mol. The summed E-state index contributed by atoms with van der Waals surface area (Å²) in [5.41, 5.74) is -0.649. The van der Waals surface area contributed by atoms with Crippen molar-refractivity contribution in [3.8, 4) is 0 Å². The number of halogens is 1. The van der Waals surface area contributed by atoms with Crippen LogP contribution in [-0.4, -0.2) is 30.1 Å². The summed E-state index contributed by atoms with van der Waals surface area (Å²) in [5, 5.41) is 2.26. The Balaban J connectivity index is 2.73. The molecule has 18 heavy (non-hydrogen) atoms. The zero-order valence-electron chi connectivity index (χ0n) is 9.97. The molecule has 0 bridgehead atoms. The molecule has 1 N–H and O–H groups in total. The number of carbonyl (C=O) groups excluding carboxylic acids is 1. The van der Waals surface area contributed by atoms with E-state index in [2.05, 4.69) is 15.3 Å². The monoisotopic (exact) mass is 293 g/mol. The largest absolute Gasteiger partial charge is 0.444 e. The van der Waals surface area contributed by atoms with E-state index < -0.39 is 20.7 Å². The van der Waals surface area contributed by atoms with Gasteiger partial charge in [0.05, 0.1) is 12.4 Å². The summed E-state index contributed by atoms with van der Waals surface area (Å²) in [4.78, 5) is 18.4. The molecule has 7 nitrogen and oxygen atoms in total. The molecular weight excluding hydrogens is 282 g/mol. The highest BCUT2D eigenvalue weighted by Crippen LogP contribution is 2.13. The smallest absolute Gasteiger partial charge is 0.414 e. The minimum absolute atomic E-state index is 0.0756. The second kappa shape index (κ2) is 5.07. The number of hydrogen-bond acceptors (Lipinski definition) is 6. The Hall–Kier alpha value is -1.41. The van der Waals surface area contributed by atoms with Gasteiger partial charge in [0.1, 0.15) is 10.5 Å². The molecule has 1 rings (SSSR count). The van der Waals surface area contributed by atoms with Crippen molar-refractivity contribution in [3.63, 3.8) is 0 Å². The quantitative estimate of drug-likeness (QED) is 0.834. The van der Waals surface area contributed by atoms with Crippen LogP contribution in [0.4, 0.5) is 10.7 Å². The van der Waals surface area contributed by atoms with Crippen LogP contribution >= 0.6 is 10.7 Å². The fraction of sp³-hybridized carbons (Fsp3) is 0.444. The lowest BCUT2D eigenvalue weighted by atomic mass is 10.2. The first-order valence-electron chi connectivity index (χ1n) is 4.85. The minimum atomic E-state index is -3.87. The summed E-state index contributed by atoms with van der Waals surface area (Å²) < 4.78 is 26.8. The molecule has 9 heteroatoms. The summed E-state index contributed by atoms with van der Waals surface area (Å²) in [5.74, 6) is -0.0756. The molecule has 0 spiro atoms. The second-order valence-corrected chi connectivity index (χ2v) is 6.87. The third-order valence-corrected chi connectivity index (χ3v) is 2.83. The number of rotatable bonds is 2. The van der Waals surface area contributed by atoms with Gasteiger partial charge in [-0.05, 0) is 20.8 Å². The van der Waals surface area contributed by atoms with Crippen LogP contribution in [0.25, 0.3) is 0 Å². The van der Waals surface area contributed by atoms with E-state index in [4.69, 9.17) is 15.4 Å². The molecule has 0 saturated heterocycles. The van der Waals surface area contributed by atoms with Crippen LogP contribution in [0, 0.1) is 0 Å². The number of hydrogen-bond donors (Lipinski definition) is 1. The summed E-state index contributed by atoms with van der Waals surface area (Å²) in [6.07, 6.45) is 1.24. The summed E-state index contributed by atoms with van der Waals surface area (Å²) in [6.45, 7) is 5.11. The zero-order chi connectivity index (χ0) is 14.0. The van der Waals surface area contributed by atoms with E-state index in [0.29, 0.717) is 0 Å². The predicted octanol–water partition coefficient (Wildman–Crippen LogP) is 1.75. The van der Waals surface area contributed by atoms with E-state index in [-0.39, 0.29) is 10.8 Å². The normalized spacial score (nSPS) is 12.0. The Kier molecular flexibility index (Phi) is 4.12. The van der Waals surface area contributed by atoms with Crippen LogP contribution < -0.4 is 5.32 Å². The SMILES string of the molecule is CC(C)(C)OC(=O)Nc1ncc(S(=O)(=O)Cl)cn1. The molecule has 1 aromatic heterocycles. The molecule has 0 aromatic carbocycles. The first-order valence-corrected chi connectivity index (χ1v) is 7.15. The molecular formula is C9H12ClN3O4S. The Bertz CT molecular complexity index is 536. The maximum Gasteiger partial charge on any atom is 0.414 e. The molecule has 0 radical (unpaired) electrons.